The lowest BCUT2D eigenvalue weighted by atomic mass is 10.0. The smallest absolute Gasteiger partial charge is 0.233 e. The van der Waals surface area contributed by atoms with Crippen LogP contribution in [0.1, 0.15) is 18.4 Å². The van der Waals surface area contributed by atoms with Gasteiger partial charge in [0.05, 0.1) is 11.9 Å². The van der Waals surface area contributed by atoms with Gasteiger partial charge in [-0.15, -0.1) is 0 Å². The van der Waals surface area contributed by atoms with Crippen LogP contribution in [-0.4, -0.2) is 34.1 Å². The van der Waals surface area contributed by atoms with Crippen molar-refractivity contribution in [3.63, 3.8) is 0 Å². The summed E-state index contributed by atoms with van der Waals surface area (Å²) in [7, 11) is 0. The molecular weight excluding hydrogens is 465 g/mol. The number of halogens is 2. The van der Waals surface area contributed by atoms with Crippen molar-refractivity contribution in [2.45, 2.75) is 25.5 Å². The molecule has 172 valence electrons. The number of nitrogens with zero attached hydrogens (tertiary/aromatic N) is 3. The van der Waals surface area contributed by atoms with E-state index in [4.69, 9.17) is 37.9 Å². The summed E-state index contributed by atoms with van der Waals surface area (Å²) in [6, 6.07) is 25.8. The lowest BCUT2D eigenvalue weighted by molar-refractivity contribution is 0.0807. The number of aromatic nitrogens is 2. The van der Waals surface area contributed by atoms with Gasteiger partial charge in [-0.05, 0) is 49.2 Å². The number of likely N-dealkylation sites (tertiary alicyclic amines) is 1. The molecule has 0 spiro atoms. The van der Waals surface area contributed by atoms with Crippen molar-refractivity contribution in [2.75, 3.05) is 13.1 Å². The topological polar surface area (TPSA) is 38.2 Å². The zero-order chi connectivity index (χ0) is 23.3. The van der Waals surface area contributed by atoms with E-state index in [1.54, 1.807) is 6.20 Å². The third-order valence-corrected chi connectivity index (χ3v) is 6.49. The molecule has 0 unspecified atom stereocenters. The molecule has 0 saturated carbocycles. The van der Waals surface area contributed by atoms with Crippen molar-refractivity contribution in [1.82, 2.24) is 14.9 Å². The first kappa shape index (κ1) is 22.9. The van der Waals surface area contributed by atoms with Crippen LogP contribution in [0.15, 0.2) is 85.1 Å². The van der Waals surface area contributed by atoms with Gasteiger partial charge in [0.2, 0.25) is 5.88 Å². The minimum Gasteiger partial charge on any atom is -0.472 e. The molecule has 0 aliphatic carbocycles. The number of rotatable bonds is 6. The molecule has 1 aliphatic rings. The van der Waals surface area contributed by atoms with Crippen molar-refractivity contribution >= 4 is 23.2 Å². The molecule has 0 N–H and O–H groups in total. The lowest BCUT2D eigenvalue weighted by Crippen LogP contribution is -2.40. The van der Waals surface area contributed by atoms with E-state index in [9.17, 15) is 0 Å². The van der Waals surface area contributed by atoms with Crippen LogP contribution in [0.4, 0.5) is 0 Å². The highest BCUT2D eigenvalue weighted by Crippen LogP contribution is 2.32. The summed E-state index contributed by atoms with van der Waals surface area (Å²) in [6.07, 6.45) is 3.89. The van der Waals surface area contributed by atoms with E-state index in [-0.39, 0.29) is 6.10 Å². The van der Waals surface area contributed by atoms with Crippen molar-refractivity contribution in [3.8, 4) is 28.4 Å². The minimum atomic E-state index is 0.0752. The van der Waals surface area contributed by atoms with E-state index in [1.807, 2.05) is 48.5 Å². The molecule has 4 nitrogen and oxygen atoms in total. The monoisotopic (exact) mass is 489 g/mol. The highest BCUT2D eigenvalue weighted by atomic mass is 35.5. The maximum absolute atomic E-state index is 6.36. The Bertz CT molecular complexity index is 1230. The average Bonchev–Trinajstić information content (AvgIpc) is 2.86. The zero-order valence-electron chi connectivity index (χ0n) is 18.7. The van der Waals surface area contributed by atoms with Gasteiger partial charge >= 0.3 is 0 Å². The van der Waals surface area contributed by atoms with Crippen LogP contribution in [0.2, 0.25) is 10.0 Å². The second-order valence-electron chi connectivity index (χ2n) is 8.52. The van der Waals surface area contributed by atoms with Crippen molar-refractivity contribution in [3.05, 3.63) is 101 Å². The number of benzene rings is 3. The zero-order valence-corrected chi connectivity index (χ0v) is 20.2. The summed E-state index contributed by atoms with van der Waals surface area (Å²) in [5.74, 6) is 0.536. The highest BCUT2D eigenvalue weighted by molar-refractivity contribution is 6.31. The third-order valence-electron chi connectivity index (χ3n) is 5.98. The molecule has 0 amide bonds. The maximum atomic E-state index is 6.36. The van der Waals surface area contributed by atoms with Gasteiger partial charge in [0, 0.05) is 34.3 Å². The fourth-order valence-electron chi connectivity index (χ4n) is 4.32. The predicted octanol–water partition coefficient (Wildman–Crippen LogP) is 7.16. The van der Waals surface area contributed by atoms with Crippen molar-refractivity contribution in [2.24, 2.45) is 0 Å². The summed E-state index contributed by atoms with van der Waals surface area (Å²) < 4.78 is 6.36. The lowest BCUT2D eigenvalue weighted by Gasteiger charge is -2.32. The second-order valence-corrected chi connectivity index (χ2v) is 9.39. The fourth-order valence-corrected chi connectivity index (χ4v) is 4.58. The molecule has 6 heteroatoms. The van der Waals surface area contributed by atoms with Gasteiger partial charge in [-0.1, -0.05) is 77.8 Å². The number of piperidine rings is 1. The van der Waals surface area contributed by atoms with Gasteiger partial charge in [0.1, 0.15) is 11.8 Å². The van der Waals surface area contributed by atoms with Gasteiger partial charge in [-0.25, -0.2) is 9.97 Å². The van der Waals surface area contributed by atoms with E-state index >= 15 is 0 Å². The van der Waals surface area contributed by atoms with Crippen LogP contribution in [0.3, 0.4) is 0 Å². The predicted molar refractivity (Wildman–Crippen MR) is 138 cm³/mol. The molecule has 3 aromatic carbocycles. The van der Waals surface area contributed by atoms with E-state index in [0.29, 0.717) is 15.9 Å². The molecule has 1 aliphatic heterocycles. The Morgan fingerprint density at radius 3 is 2.15 bits per heavy atom. The Morgan fingerprint density at radius 2 is 1.47 bits per heavy atom. The Balaban J connectivity index is 1.39. The Morgan fingerprint density at radius 1 is 0.824 bits per heavy atom. The molecule has 34 heavy (non-hydrogen) atoms. The van der Waals surface area contributed by atoms with E-state index in [2.05, 4.69) is 35.2 Å². The van der Waals surface area contributed by atoms with Crippen molar-refractivity contribution < 1.29 is 4.74 Å². The van der Waals surface area contributed by atoms with E-state index in [1.165, 1.54) is 5.56 Å². The standard InChI is InChI=1S/C28H25Cl2N3O/c29-23-12-8-21(9-13-23)27-28(22-10-14-24(30)15-11-22)32-26(17-31-27)34-25-7-4-16-33(19-25)18-20-5-2-1-3-6-20/h1-3,5-6,8-15,17,25H,4,7,16,18-19H2/t25-/m1/s1. The SMILES string of the molecule is Clc1ccc(-c2ncc(O[C@@H]3CCCN(Cc4ccccc4)C3)nc2-c2ccc(Cl)cc2)cc1. The first-order valence-corrected chi connectivity index (χ1v) is 12.2. The molecule has 0 radical (unpaired) electrons. The third kappa shape index (κ3) is 5.58. The summed E-state index contributed by atoms with van der Waals surface area (Å²) in [6.45, 7) is 2.87. The summed E-state index contributed by atoms with van der Waals surface area (Å²) >= 11 is 12.2. The van der Waals surface area contributed by atoms with Gasteiger partial charge in [0.25, 0.3) is 0 Å². The Hall–Kier alpha value is -2.92. The Labute approximate surface area is 210 Å². The molecule has 1 atom stereocenters. The van der Waals surface area contributed by atoms with Crippen molar-refractivity contribution in [1.29, 1.82) is 0 Å². The second kappa shape index (κ2) is 10.6. The molecule has 2 heterocycles. The number of hydrogen-bond donors (Lipinski definition) is 0. The quantitative estimate of drug-likeness (QED) is 0.288. The average molecular weight is 490 g/mol. The normalized spacial score (nSPS) is 16.4. The number of hydrogen-bond acceptors (Lipinski definition) is 4. The Kier molecular flexibility index (Phi) is 7.10. The largest absolute Gasteiger partial charge is 0.472 e. The first-order valence-electron chi connectivity index (χ1n) is 11.5. The first-order chi connectivity index (χ1) is 16.6. The van der Waals surface area contributed by atoms with Crippen LogP contribution in [-0.2, 0) is 6.54 Å². The molecule has 0 bridgehead atoms. The fraction of sp³-hybridized carbons (Fsp3) is 0.214. The van der Waals surface area contributed by atoms with Gasteiger partial charge < -0.3 is 4.74 Å². The molecular formula is C28H25Cl2N3O. The van der Waals surface area contributed by atoms with Crippen LogP contribution >= 0.6 is 23.2 Å². The van der Waals surface area contributed by atoms with Crippen LogP contribution in [0.25, 0.3) is 22.5 Å². The summed E-state index contributed by atoms with van der Waals surface area (Å²) in [4.78, 5) is 12.1. The van der Waals surface area contributed by atoms with Gasteiger partial charge in [-0.3, -0.25) is 4.90 Å². The van der Waals surface area contributed by atoms with Gasteiger partial charge in [-0.2, -0.15) is 0 Å². The molecule has 1 saturated heterocycles. The van der Waals surface area contributed by atoms with E-state index < -0.39 is 0 Å². The molecule has 4 aromatic rings. The molecule has 5 rings (SSSR count). The van der Waals surface area contributed by atoms with Crippen LogP contribution < -0.4 is 4.74 Å². The van der Waals surface area contributed by atoms with Crippen LogP contribution in [0.5, 0.6) is 5.88 Å². The summed E-state index contributed by atoms with van der Waals surface area (Å²) in [5.41, 5.74) is 4.73. The summed E-state index contributed by atoms with van der Waals surface area (Å²) in [5, 5.41) is 1.36. The highest BCUT2D eigenvalue weighted by Gasteiger charge is 2.23. The maximum Gasteiger partial charge on any atom is 0.233 e. The van der Waals surface area contributed by atoms with Gasteiger partial charge in [0.15, 0.2) is 0 Å². The minimum absolute atomic E-state index is 0.0752. The molecule has 1 fully saturated rings. The number of ether oxygens (including phenoxy) is 1. The van der Waals surface area contributed by atoms with E-state index in [0.717, 1.165) is 55.0 Å². The molecule has 1 aromatic heterocycles. The van der Waals surface area contributed by atoms with Crippen LogP contribution in [0, 0.1) is 0 Å².